The first-order chi connectivity index (χ1) is 10.2. The number of hydrogen-bond donors (Lipinski definition) is 2. The molecule has 1 unspecified atom stereocenters. The van der Waals surface area contributed by atoms with Crippen LogP contribution in [0.5, 0.6) is 5.75 Å². The molecule has 2 N–H and O–H groups in total. The van der Waals surface area contributed by atoms with Gasteiger partial charge in [0.2, 0.25) is 5.91 Å². The molecule has 0 aromatic heterocycles. The lowest BCUT2D eigenvalue weighted by Gasteiger charge is -2.27. The number of nitrogens with one attached hydrogen (secondary N) is 2. The average molecular weight is 327 g/mol. The van der Waals surface area contributed by atoms with E-state index in [9.17, 15) is 4.79 Å². The van der Waals surface area contributed by atoms with Crippen LogP contribution in [0.2, 0.25) is 0 Å². The summed E-state index contributed by atoms with van der Waals surface area (Å²) in [5.41, 5.74) is 0.834. The van der Waals surface area contributed by atoms with E-state index >= 15 is 0 Å². The second kappa shape index (κ2) is 9.70. The molecule has 22 heavy (non-hydrogen) atoms. The van der Waals surface area contributed by atoms with Crippen molar-refractivity contribution in [3.8, 4) is 5.75 Å². The highest BCUT2D eigenvalue weighted by Gasteiger charge is 2.21. The lowest BCUT2D eigenvalue weighted by atomic mass is 9.84. The normalized spacial score (nSPS) is 16.5. The van der Waals surface area contributed by atoms with Crippen LogP contribution < -0.4 is 15.4 Å². The maximum absolute atomic E-state index is 12.1. The van der Waals surface area contributed by atoms with E-state index in [1.54, 1.807) is 0 Å². The zero-order valence-corrected chi connectivity index (χ0v) is 14.2. The molecule has 5 heteroatoms. The van der Waals surface area contributed by atoms with Crippen molar-refractivity contribution in [2.45, 2.75) is 33.1 Å². The lowest BCUT2D eigenvalue weighted by Crippen LogP contribution is -2.32. The predicted octanol–water partition coefficient (Wildman–Crippen LogP) is 3.47. The molecule has 124 valence electrons. The molecule has 1 saturated heterocycles. The summed E-state index contributed by atoms with van der Waals surface area (Å²) >= 11 is 0. The number of ether oxygens (including phenoxy) is 1. The Morgan fingerprint density at radius 1 is 1.32 bits per heavy atom. The van der Waals surface area contributed by atoms with E-state index < -0.39 is 0 Å². The Morgan fingerprint density at radius 3 is 2.55 bits per heavy atom. The molecule has 0 bridgehead atoms. The van der Waals surface area contributed by atoms with Gasteiger partial charge in [0.15, 0.2) is 0 Å². The number of amides is 1. The molecule has 1 atom stereocenters. The molecule has 1 aromatic carbocycles. The Hall–Kier alpha value is -1.26. The molecular weight excluding hydrogens is 300 g/mol. The third-order valence-electron chi connectivity index (χ3n) is 4.14. The number of piperidine rings is 1. The van der Waals surface area contributed by atoms with Gasteiger partial charge in [0.25, 0.3) is 0 Å². The summed E-state index contributed by atoms with van der Waals surface area (Å²) in [7, 11) is 0. The largest absolute Gasteiger partial charge is 0.494 e. The van der Waals surface area contributed by atoms with Gasteiger partial charge in [-0.1, -0.05) is 6.92 Å². The highest BCUT2D eigenvalue weighted by molar-refractivity contribution is 5.90. The van der Waals surface area contributed by atoms with Crippen molar-refractivity contribution in [1.82, 2.24) is 5.32 Å². The molecule has 1 aromatic rings. The molecule has 0 radical (unpaired) electrons. The maximum Gasteiger partial charge on any atom is 0.224 e. The molecule has 0 saturated carbocycles. The first-order valence-electron chi connectivity index (χ1n) is 7.92. The molecule has 1 heterocycles. The number of rotatable bonds is 6. The Balaban J connectivity index is 0.00000242. The number of anilines is 1. The van der Waals surface area contributed by atoms with Crippen LogP contribution in [-0.4, -0.2) is 25.6 Å². The Bertz CT molecular complexity index is 444. The number of carbonyl (C=O) groups is 1. The monoisotopic (exact) mass is 326 g/mol. The third kappa shape index (κ3) is 5.85. The van der Waals surface area contributed by atoms with Gasteiger partial charge in [-0.3, -0.25) is 4.79 Å². The van der Waals surface area contributed by atoms with Crippen molar-refractivity contribution in [3.63, 3.8) is 0 Å². The zero-order chi connectivity index (χ0) is 15.1. The summed E-state index contributed by atoms with van der Waals surface area (Å²) in [6.07, 6.45) is 2.95. The molecule has 0 aliphatic carbocycles. The minimum Gasteiger partial charge on any atom is -0.494 e. The van der Waals surface area contributed by atoms with Crippen molar-refractivity contribution < 1.29 is 9.53 Å². The van der Waals surface area contributed by atoms with Crippen LogP contribution >= 0.6 is 12.4 Å². The summed E-state index contributed by atoms with van der Waals surface area (Å²) in [5, 5.41) is 6.34. The summed E-state index contributed by atoms with van der Waals surface area (Å²) < 4.78 is 5.39. The first kappa shape index (κ1) is 18.8. The van der Waals surface area contributed by atoms with Gasteiger partial charge in [-0.15, -0.1) is 12.4 Å². The average Bonchev–Trinajstić information content (AvgIpc) is 2.50. The van der Waals surface area contributed by atoms with Gasteiger partial charge in [-0.05, 0) is 69.0 Å². The van der Waals surface area contributed by atoms with Crippen LogP contribution in [0.1, 0.15) is 33.1 Å². The topological polar surface area (TPSA) is 50.4 Å². The summed E-state index contributed by atoms with van der Waals surface area (Å²) in [5.74, 6) is 2.04. The number of carbonyl (C=O) groups excluding carboxylic acids is 1. The van der Waals surface area contributed by atoms with E-state index in [-0.39, 0.29) is 18.3 Å². The lowest BCUT2D eigenvalue weighted by molar-refractivity contribution is -0.117. The van der Waals surface area contributed by atoms with E-state index in [0.717, 1.165) is 24.5 Å². The van der Waals surface area contributed by atoms with E-state index in [4.69, 9.17) is 4.74 Å². The van der Waals surface area contributed by atoms with Crippen molar-refractivity contribution in [3.05, 3.63) is 24.3 Å². The zero-order valence-electron chi connectivity index (χ0n) is 13.4. The summed E-state index contributed by atoms with van der Waals surface area (Å²) in [6.45, 7) is 6.95. The third-order valence-corrected chi connectivity index (χ3v) is 4.14. The molecule has 0 spiro atoms. The second-order valence-corrected chi connectivity index (χ2v) is 5.77. The van der Waals surface area contributed by atoms with Crippen LogP contribution in [0.4, 0.5) is 5.69 Å². The molecule has 2 rings (SSSR count). The van der Waals surface area contributed by atoms with Gasteiger partial charge < -0.3 is 15.4 Å². The van der Waals surface area contributed by atoms with E-state index in [0.29, 0.717) is 24.9 Å². The van der Waals surface area contributed by atoms with Crippen molar-refractivity contribution in [1.29, 1.82) is 0 Å². The van der Waals surface area contributed by atoms with Gasteiger partial charge in [0.1, 0.15) is 5.75 Å². The molecule has 1 aliphatic rings. The minimum absolute atomic E-state index is 0. The molecule has 4 nitrogen and oxygen atoms in total. The van der Waals surface area contributed by atoms with Crippen LogP contribution in [0.15, 0.2) is 24.3 Å². The standard InChI is InChI=1S/C17H26N2O2.ClH/c1-3-21-16-6-4-15(5-7-16)19-17(20)12-13(2)14-8-10-18-11-9-14;/h4-7,13-14,18H,3,8-12H2,1-2H3,(H,19,20);1H. The molecule has 1 aliphatic heterocycles. The van der Waals surface area contributed by atoms with Crippen LogP contribution in [0.3, 0.4) is 0 Å². The Kier molecular flexibility index (Phi) is 8.28. The van der Waals surface area contributed by atoms with E-state index in [1.165, 1.54) is 12.8 Å². The van der Waals surface area contributed by atoms with Crippen molar-refractivity contribution >= 4 is 24.0 Å². The number of halogens is 1. The SMILES string of the molecule is CCOc1ccc(NC(=O)CC(C)C2CCNCC2)cc1.Cl. The van der Waals surface area contributed by atoms with Crippen LogP contribution in [0, 0.1) is 11.8 Å². The van der Waals surface area contributed by atoms with E-state index in [2.05, 4.69) is 17.6 Å². The minimum atomic E-state index is 0. The van der Waals surface area contributed by atoms with Crippen LogP contribution in [0.25, 0.3) is 0 Å². The number of benzene rings is 1. The smallest absolute Gasteiger partial charge is 0.224 e. The van der Waals surface area contributed by atoms with Crippen molar-refractivity contribution in [2.75, 3.05) is 25.0 Å². The van der Waals surface area contributed by atoms with Gasteiger partial charge >= 0.3 is 0 Å². The quantitative estimate of drug-likeness (QED) is 0.841. The van der Waals surface area contributed by atoms with E-state index in [1.807, 2.05) is 31.2 Å². The van der Waals surface area contributed by atoms with Gasteiger partial charge in [-0.25, -0.2) is 0 Å². The summed E-state index contributed by atoms with van der Waals surface area (Å²) in [6, 6.07) is 7.54. The van der Waals surface area contributed by atoms with Crippen LogP contribution in [-0.2, 0) is 4.79 Å². The molecular formula is C17H27ClN2O2. The highest BCUT2D eigenvalue weighted by Crippen LogP contribution is 2.25. The Labute approximate surface area is 139 Å². The summed E-state index contributed by atoms with van der Waals surface area (Å²) in [4.78, 5) is 12.1. The predicted molar refractivity (Wildman–Crippen MR) is 92.9 cm³/mol. The highest BCUT2D eigenvalue weighted by atomic mass is 35.5. The number of hydrogen-bond acceptors (Lipinski definition) is 3. The Morgan fingerprint density at radius 2 is 1.95 bits per heavy atom. The van der Waals surface area contributed by atoms with Gasteiger partial charge in [0.05, 0.1) is 6.61 Å². The fraction of sp³-hybridized carbons (Fsp3) is 0.588. The maximum atomic E-state index is 12.1. The van der Waals surface area contributed by atoms with Gasteiger partial charge in [0, 0.05) is 12.1 Å². The fourth-order valence-corrected chi connectivity index (χ4v) is 2.89. The van der Waals surface area contributed by atoms with Gasteiger partial charge in [-0.2, -0.15) is 0 Å². The second-order valence-electron chi connectivity index (χ2n) is 5.77. The molecule has 1 amide bonds. The van der Waals surface area contributed by atoms with Crippen molar-refractivity contribution in [2.24, 2.45) is 11.8 Å². The fourth-order valence-electron chi connectivity index (χ4n) is 2.89. The molecule has 1 fully saturated rings. The first-order valence-corrected chi connectivity index (χ1v) is 7.92.